The molecule has 0 N–H and O–H groups in total. The van der Waals surface area contributed by atoms with Crippen molar-refractivity contribution < 1.29 is 17.9 Å². The van der Waals surface area contributed by atoms with Crippen molar-refractivity contribution >= 4 is 0 Å². The van der Waals surface area contributed by atoms with Crippen molar-refractivity contribution in [3.05, 3.63) is 29.3 Å². The molecule has 1 fully saturated rings. The minimum absolute atomic E-state index is 0.298. The molecule has 1 aliphatic heterocycles. The van der Waals surface area contributed by atoms with Crippen LogP contribution in [0.2, 0.25) is 0 Å². The van der Waals surface area contributed by atoms with E-state index in [2.05, 4.69) is 4.90 Å². The molecule has 1 aromatic rings. The molecule has 2 nitrogen and oxygen atoms in total. The Labute approximate surface area is 111 Å². The highest BCUT2D eigenvalue weighted by Crippen LogP contribution is 2.32. The van der Waals surface area contributed by atoms with Gasteiger partial charge in [-0.15, -0.1) is 0 Å². The largest absolute Gasteiger partial charge is 0.492 e. The van der Waals surface area contributed by atoms with Crippen LogP contribution in [0.25, 0.3) is 0 Å². The smallest absolute Gasteiger partial charge is 0.416 e. The van der Waals surface area contributed by atoms with Gasteiger partial charge in [0.15, 0.2) is 0 Å². The highest BCUT2D eigenvalue weighted by molar-refractivity contribution is 5.35. The lowest BCUT2D eigenvalue weighted by Gasteiger charge is -2.16. The summed E-state index contributed by atoms with van der Waals surface area (Å²) in [7, 11) is 0. The predicted molar refractivity (Wildman–Crippen MR) is 67.4 cm³/mol. The zero-order valence-corrected chi connectivity index (χ0v) is 11.0. The van der Waals surface area contributed by atoms with E-state index in [4.69, 9.17) is 4.74 Å². The van der Waals surface area contributed by atoms with Crippen LogP contribution >= 0.6 is 0 Å². The molecular formula is C14H18F3NO. The summed E-state index contributed by atoms with van der Waals surface area (Å²) in [5, 5.41) is 0. The fourth-order valence-corrected chi connectivity index (χ4v) is 2.29. The SMILES string of the molecule is Cc1cc(OCCN2CCCC2)cc(C(F)(F)F)c1. The first kappa shape index (κ1) is 14.2. The monoisotopic (exact) mass is 273 g/mol. The highest BCUT2D eigenvalue weighted by Gasteiger charge is 2.31. The highest BCUT2D eigenvalue weighted by atomic mass is 19.4. The van der Waals surface area contributed by atoms with Gasteiger partial charge in [-0.25, -0.2) is 0 Å². The second kappa shape index (κ2) is 5.82. The Morgan fingerprint density at radius 2 is 1.84 bits per heavy atom. The molecule has 0 radical (unpaired) electrons. The molecule has 0 atom stereocenters. The van der Waals surface area contributed by atoms with Gasteiger partial charge in [-0.05, 0) is 56.6 Å². The fourth-order valence-electron chi connectivity index (χ4n) is 2.29. The zero-order chi connectivity index (χ0) is 13.9. The predicted octanol–water partition coefficient (Wildman–Crippen LogP) is 3.49. The van der Waals surface area contributed by atoms with Crippen LogP contribution in [0.5, 0.6) is 5.75 Å². The summed E-state index contributed by atoms with van der Waals surface area (Å²) in [4.78, 5) is 2.26. The van der Waals surface area contributed by atoms with Gasteiger partial charge in [0.2, 0.25) is 0 Å². The van der Waals surface area contributed by atoms with Crippen LogP contribution in [-0.2, 0) is 6.18 Å². The number of nitrogens with zero attached hydrogens (tertiary/aromatic N) is 1. The van der Waals surface area contributed by atoms with Crippen molar-refractivity contribution in [2.45, 2.75) is 25.9 Å². The standard InChI is InChI=1S/C14H18F3NO/c1-11-8-12(14(15,16)17)10-13(9-11)19-7-6-18-4-2-3-5-18/h8-10H,2-7H2,1H3. The molecule has 0 saturated carbocycles. The average molecular weight is 273 g/mol. The number of likely N-dealkylation sites (tertiary alicyclic amines) is 1. The number of hydrogen-bond acceptors (Lipinski definition) is 2. The first-order valence-corrected chi connectivity index (χ1v) is 6.49. The number of ether oxygens (including phenoxy) is 1. The van der Waals surface area contributed by atoms with Crippen LogP contribution < -0.4 is 4.74 Å². The van der Waals surface area contributed by atoms with E-state index in [1.54, 1.807) is 13.0 Å². The van der Waals surface area contributed by atoms with E-state index in [9.17, 15) is 13.2 Å². The number of benzene rings is 1. The molecule has 0 spiro atoms. The number of hydrogen-bond donors (Lipinski definition) is 0. The van der Waals surface area contributed by atoms with Crippen LogP contribution in [-0.4, -0.2) is 31.1 Å². The third-order valence-corrected chi connectivity index (χ3v) is 3.25. The molecule has 0 aromatic heterocycles. The van der Waals surface area contributed by atoms with Gasteiger partial charge in [0.05, 0.1) is 5.56 Å². The van der Waals surface area contributed by atoms with E-state index >= 15 is 0 Å². The number of halogens is 3. The van der Waals surface area contributed by atoms with Gasteiger partial charge in [-0.1, -0.05) is 0 Å². The van der Waals surface area contributed by atoms with Crippen molar-refractivity contribution in [3.63, 3.8) is 0 Å². The molecule has 2 rings (SSSR count). The lowest BCUT2D eigenvalue weighted by atomic mass is 10.1. The quantitative estimate of drug-likeness (QED) is 0.832. The van der Waals surface area contributed by atoms with E-state index in [1.807, 2.05) is 0 Å². The van der Waals surface area contributed by atoms with Gasteiger partial charge in [0, 0.05) is 6.54 Å². The van der Waals surface area contributed by atoms with Crippen LogP contribution in [0.3, 0.4) is 0 Å². The summed E-state index contributed by atoms with van der Waals surface area (Å²) in [5.74, 6) is 0.298. The topological polar surface area (TPSA) is 12.5 Å². The van der Waals surface area contributed by atoms with Gasteiger partial charge in [0.1, 0.15) is 12.4 Å². The second-order valence-corrected chi connectivity index (χ2v) is 4.93. The average Bonchev–Trinajstić information content (AvgIpc) is 2.80. The number of aryl methyl sites for hydroxylation is 1. The summed E-state index contributed by atoms with van der Waals surface area (Å²) in [6.07, 6.45) is -1.93. The third kappa shape index (κ3) is 4.13. The Morgan fingerprint density at radius 1 is 1.16 bits per heavy atom. The lowest BCUT2D eigenvalue weighted by molar-refractivity contribution is -0.137. The summed E-state index contributed by atoms with van der Waals surface area (Å²) < 4.78 is 43.4. The van der Waals surface area contributed by atoms with Gasteiger partial charge in [-0.2, -0.15) is 13.2 Å². The normalized spacial score (nSPS) is 16.8. The molecule has 106 valence electrons. The van der Waals surface area contributed by atoms with Crippen LogP contribution in [0.4, 0.5) is 13.2 Å². The number of alkyl halides is 3. The van der Waals surface area contributed by atoms with Crippen LogP contribution in [0.1, 0.15) is 24.0 Å². The molecule has 1 aromatic carbocycles. The maximum absolute atomic E-state index is 12.7. The first-order chi connectivity index (χ1) is 8.95. The van der Waals surface area contributed by atoms with E-state index < -0.39 is 11.7 Å². The molecule has 0 bridgehead atoms. The van der Waals surface area contributed by atoms with Crippen molar-refractivity contribution in [2.24, 2.45) is 0 Å². The van der Waals surface area contributed by atoms with Crippen molar-refractivity contribution in [1.82, 2.24) is 4.90 Å². The maximum Gasteiger partial charge on any atom is 0.416 e. The molecule has 5 heteroatoms. The van der Waals surface area contributed by atoms with Gasteiger partial charge in [-0.3, -0.25) is 4.90 Å². The summed E-state index contributed by atoms with van der Waals surface area (Å²) >= 11 is 0. The molecule has 19 heavy (non-hydrogen) atoms. The van der Waals surface area contributed by atoms with Crippen LogP contribution in [0.15, 0.2) is 18.2 Å². The maximum atomic E-state index is 12.7. The molecule has 0 amide bonds. The molecule has 0 unspecified atom stereocenters. The Kier molecular flexibility index (Phi) is 4.34. The molecule has 1 heterocycles. The number of rotatable bonds is 4. The summed E-state index contributed by atoms with van der Waals surface area (Å²) in [6, 6.07) is 3.84. The van der Waals surface area contributed by atoms with Gasteiger partial charge in [0.25, 0.3) is 0 Å². The van der Waals surface area contributed by atoms with Crippen LogP contribution in [0, 0.1) is 6.92 Å². The van der Waals surface area contributed by atoms with E-state index in [1.165, 1.54) is 12.8 Å². The Hall–Kier alpha value is -1.23. The third-order valence-electron chi connectivity index (χ3n) is 3.25. The lowest BCUT2D eigenvalue weighted by Crippen LogP contribution is -2.25. The minimum atomic E-state index is -4.32. The van der Waals surface area contributed by atoms with Gasteiger partial charge < -0.3 is 4.74 Å². The van der Waals surface area contributed by atoms with Crippen molar-refractivity contribution in [3.8, 4) is 5.75 Å². The Bertz CT molecular complexity index is 425. The minimum Gasteiger partial charge on any atom is -0.492 e. The second-order valence-electron chi connectivity index (χ2n) is 4.93. The van der Waals surface area contributed by atoms with E-state index in [-0.39, 0.29) is 0 Å². The summed E-state index contributed by atoms with van der Waals surface area (Å²) in [6.45, 7) is 4.97. The van der Waals surface area contributed by atoms with Crippen molar-refractivity contribution in [2.75, 3.05) is 26.2 Å². The van der Waals surface area contributed by atoms with E-state index in [0.29, 0.717) is 17.9 Å². The molecule has 1 saturated heterocycles. The first-order valence-electron chi connectivity index (χ1n) is 6.49. The summed E-state index contributed by atoms with van der Waals surface area (Å²) in [5.41, 5.74) is -0.0883. The molecule has 0 aliphatic carbocycles. The van der Waals surface area contributed by atoms with E-state index in [0.717, 1.165) is 31.8 Å². The Morgan fingerprint density at radius 3 is 2.47 bits per heavy atom. The zero-order valence-electron chi connectivity index (χ0n) is 11.0. The van der Waals surface area contributed by atoms with Gasteiger partial charge >= 0.3 is 6.18 Å². The fraction of sp³-hybridized carbons (Fsp3) is 0.571. The van der Waals surface area contributed by atoms with Crippen molar-refractivity contribution in [1.29, 1.82) is 0 Å². The molecule has 1 aliphatic rings. The molecular weight excluding hydrogens is 255 g/mol. The Balaban J connectivity index is 1.94.